The molecule has 116 valence electrons. The van der Waals surface area contributed by atoms with Gasteiger partial charge in [-0.1, -0.05) is 24.3 Å². The summed E-state index contributed by atoms with van der Waals surface area (Å²) in [5.41, 5.74) is 3.35. The van der Waals surface area contributed by atoms with Crippen molar-refractivity contribution in [1.82, 2.24) is 0 Å². The molecule has 1 N–H and O–H groups in total. The predicted molar refractivity (Wildman–Crippen MR) is 87.8 cm³/mol. The summed E-state index contributed by atoms with van der Waals surface area (Å²) >= 11 is 0. The standard InChI is InChI=1S/C17H19NO3S/c1-12-8-13(2)10-15(9-12)18-17(19)11-14-6-4-5-7-16(14)22(3,20)21/h4-10H,11H2,1-3H3,(H,18,19). The Morgan fingerprint density at radius 1 is 1.05 bits per heavy atom. The van der Waals surface area contributed by atoms with Crippen LogP contribution in [0.3, 0.4) is 0 Å². The minimum atomic E-state index is -3.35. The second-order valence-electron chi connectivity index (χ2n) is 5.48. The highest BCUT2D eigenvalue weighted by Gasteiger charge is 2.15. The van der Waals surface area contributed by atoms with E-state index in [1.807, 2.05) is 32.0 Å². The van der Waals surface area contributed by atoms with Gasteiger partial charge in [-0.25, -0.2) is 8.42 Å². The molecule has 5 heteroatoms. The van der Waals surface area contributed by atoms with Crippen LogP contribution in [0.15, 0.2) is 47.4 Å². The minimum absolute atomic E-state index is 0.0240. The van der Waals surface area contributed by atoms with Gasteiger partial charge in [-0.2, -0.15) is 0 Å². The van der Waals surface area contributed by atoms with E-state index in [1.165, 1.54) is 6.07 Å². The maximum absolute atomic E-state index is 12.2. The van der Waals surface area contributed by atoms with Crippen molar-refractivity contribution in [1.29, 1.82) is 0 Å². The molecule has 1 amide bonds. The molecule has 0 unspecified atom stereocenters. The lowest BCUT2D eigenvalue weighted by Crippen LogP contribution is -2.16. The van der Waals surface area contributed by atoms with E-state index in [0.717, 1.165) is 23.1 Å². The summed E-state index contributed by atoms with van der Waals surface area (Å²) in [7, 11) is -3.35. The Morgan fingerprint density at radius 2 is 1.64 bits per heavy atom. The van der Waals surface area contributed by atoms with Crippen molar-refractivity contribution in [3.63, 3.8) is 0 Å². The number of benzene rings is 2. The fourth-order valence-corrected chi connectivity index (χ4v) is 3.38. The Bertz CT molecular complexity index is 790. The summed E-state index contributed by atoms with van der Waals surface area (Å²) < 4.78 is 23.5. The zero-order chi connectivity index (χ0) is 16.3. The second-order valence-corrected chi connectivity index (χ2v) is 7.47. The van der Waals surface area contributed by atoms with Crippen LogP contribution in [0.5, 0.6) is 0 Å². The normalized spacial score (nSPS) is 11.2. The highest BCUT2D eigenvalue weighted by atomic mass is 32.2. The summed E-state index contributed by atoms with van der Waals surface area (Å²) in [6, 6.07) is 12.4. The molecule has 2 rings (SSSR count). The average molecular weight is 317 g/mol. The number of amides is 1. The van der Waals surface area contributed by atoms with Crippen molar-refractivity contribution >= 4 is 21.4 Å². The molecule has 2 aromatic rings. The van der Waals surface area contributed by atoms with E-state index in [-0.39, 0.29) is 17.2 Å². The van der Waals surface area contributed by atoms with Crippen LogP contribution in [0.25, 0.3) is 0 Å². The van der Waals surface area contributed by atoms with Gasteiger partial charge in [-0.3, -0.25) is 4.79 Å². The van der Waals surface area contributed by atoms with Crippen molar-refractivity contribution < 1.29 is 13.2 Å². The molecular weight excluding hydrogens is 298 g/mol. The van der Waals surface area contributed by atoms with Crippen LogP contribution in [0.4, 0.5) is 5.69 Å². The Morgan fingerprint density at radius 3 is 2.23 bits per heavy atom. The van der Waals surface area contributed by atoms with Crippen LogP contribution in [-0.2, 0) is 21.1 Å². The van der Waals surface area contributed by atoms with Gasteiger partial charge in [0.15, 0.2) is 9.84 Å². The average Bonchev–Trinajstić information content (AvgIpc) is 2.36. The number of rotatable bonds is 4. The van der Waals surface area contributed by atoms with Gasteiger partial charge in [0, 0.05) is 11.9 Å². The number of hydrogen-bond donors (Lipinski definition) is 1. The molecule has 0 heterocycles. The largest absolute Gasteiger partial charge is 0.326 e. The number of sulfone groups is 1. The van der Waals surface area contributed by atoms with Crippen LogP contribution in [-0.4, -0.2) is 20.6 Å². The first-order valence-corrected chi connectivity index (χ1v) is 8.81. The van der Waals surface area contributed by atoms with E-state index in [2.05, 4.69) is 5.32 Å². The molecule has 0 aliphatic heterocycles. The SMILES string of the molecule is Cc1cc(C)cc(NC(=O)Cc2ccccc2S(C)(=O)=O)c1. The highest BCUT2D eigenvalue weighted by Crippen LogP contribution is 2.18. The summed E-state index contributed by atoms with van der Waals surface area (Å²) in [5, 5.41) is 2.82. The number of aryl methyl sites for hydroxylation is 2. The molecule has 4 nitrogen and oxygen atoms in total. The zero-order valence-corrected chi connectivity index (χ0v) is 13.7. The first-order valence-electron chi connectivity index (χ1n) is 6.92. The molecule has 0 radical (unpaired) electrons. The first kappa shape index (κ1) is 16.2. The summed E-state index contributed by atoms with van der Waals surface area (Å²) in [6.45, 7) is 3.92. The van der Waals surface area contributed by atoms with Gasteiger partial charge in [0.25, 0.3) is 0 Å². The van der Waals surface area contributed by atoms with Gasteiger partial charge in [-0.15, -0.1) is 0 Å². The van der Waals surface area contributed by atoms with E-state index in [0.29, 0.717) is 5.56 Å². The zero-order valence-electron chi connectivity index (χ0n) is 12.9. The van der Waals surface area contributed by atoms with Gasteiger partial charge in [0.05, 0.1) is 11.3 Å². The molecular formula is C17H19NO3S. The van der Waals surface area contributed by atoms with Crippen molar-refractivity contribution in [3.8, 4) is 0 Å². The number of carbonyl (C=O) groups is 1. The third kappa shape index (κ3) is 4.18. The Balaban J connectivity index is 2.20. The number of carbonyl (C=O) groups excluding carboxylic acids is 1. The quantitative estimate of drug-likeness (QED) is 0.943. The molecule has 0 saturated heterocycles. The van der Waals surface area contributed by atoms with E-state index in [4.69, 9.17) is 0 Å². The van der Waals surface area contributed by atoms with Crippen LogP contribution in [0.2, 0.25) is 0 Å². The van der Waals surface area contributed by atoms with Crippen LogP contribution >= 0.6 is 0 Å². The second kappa shape index (κ2) is 6.32. The van der Waals surface area contributed by atoms with Gasteiger partial charge in [0.1, 0.15) is 0 Å². The van der Waals surface area contributed by atoms with E-state index < -0.39 is 9.84 Å². The van der Waals surface area contributed by atoms with Gasteiger partial charge >= 0.3 is 0 Å². The summed E-state index contributed by atoms with van der Waals surface area (Å²) in [6.07, 6.45) is 1.17. The highest BCUT2D eigenvalue weighted by molar-refractivity contribution is 7.90. The van der Waals surface area contributed by atoms with E-state index >= 15 is 0 Å². The molecule has 0 spiro atoms. The summed E-state index contributed by atoms with van der Waals surface area (Å²) in [4.78, 5) is 12.4. The maximum atomic E-state index is 12.2. The van der Waals surface area contributed by atoms with Crippen molar-refractivity contribution in [2.24, 2.45) is 0 Å². The topological polar surface area (TPSA) is 63.2 Å². The van der Waals surface area contributed by atoms with Gasteiger partial charge in [0.2, 0.25) is 5.91 Å². The fourth-order valence-electron chi connectivity index (χ4n) is 2.44. The van der Waals surface area contributed by atoms with Crippen molar-refractivity contribution in [2.45, 2.75) is 25.2 Å². The molecule has 0 aliphatic carbocycles. The first-order chi connectivity index (χ1) is 10.3. The van der Waals surface area contributed by atoms with Crippen LogP contribution in [0, 0.1) is 13.8 Å². The number of hydrogen-bond acceptors (Lipinski definition) is 3. The maximum Gasteiger partial charge on any atom is 0.228 e. The molecule has 0 bridgehead atoms. The Hall–Kier alpha value is -2.14. The number of anilines is 1. The predicted octanol–water partition coefficient (Wildman–Crippen LogP) is 2.89. The van der Waals surface area contributed by atoms with Gasteiger partial charge in [-0.05, 0) is 48.7 Å². The lowest BCUT2D eigenvalue weighted by Gasteiger charge is -2.10. The van der Waals surface area contributed by atoms with E-state index in [1.54, 1.807) is 18.2 Å². The van der Waals surface area contributed by atoms with Crippen LogP contribution in [0.1, 0.15) is 16.7 Å². The monoisotopic (exact) mass is 317 g/mol. The van der Waals surface area contributed by atoms with E-state index in [9.17, 15) is 13.2 Å². The Labute approximate surface area is 131 Å². The third-order valence-corrected chi connectivity index (χ3v) is 4.43. The van der Waals surface area contributed by atoms with Crippen molar-refractivity contribution in [3.05, 3.63) is 59.2 Å². The lowest BCUT2D eigenvalue weighted by atomic mass is 10.1. The molecule has 22 heavy (non-hydrogen) atoms. The molecule has 0 saturated carbocycles. The molecule has 0 aliphatic rings. The smallest absolute Gasteiger partial charge is 0.228 e. The molecule has 0 aromatic heterocycles. The lowest BCUT2D eigenvalue weighted by molar-refractivity contribution is -0.115. The number of nitrogens with one attached hydrogen (secondary N) is 1. The summed E-state index contributed by atoms with van der Waals surface area (Å²) in [5.74, 6) is -0.235. The van der Waals surface area contributed by atoms with Crippen molar-refractivity contribution in [2.75, 3.05) is 11.6 Å². The minimum Gasteiger partial charge on any atom is -0.326 e. The third-order valence-electron chi connectivity index (χ3n) is 3.23. The molecule has 2 aromatic carbocycles. The fraction of sp³-hybridized carbons (Fsp3) is 0.235. The van der Waals surface area contributed by atoms with Gasteiger partial charge < -0.3 is 5.32 Å². The Kier molecular flexibility index (Phi) is 4.66. The van der Waals surface area contributed by atoms with Crippen LogP contribution < -0.4 is 5.32 Å². The molecule has 0 fully saturated rings. The molecule has 0 atom stereocenters.